The summed E-state index contributed by atoms with van der Waals surface area (Å²) in [4.78, 5) is 12.5. The van der Waals surface area contributed by atoms with Crippen LogP contribution in [-0.4, -0.2) is 41.7 Å². The second kappa shape index (κ2) is 11.8. The van der Waals surface area contributed by atoms with Crippen LogP contribution in [0.3, 0.4) is 0 Å². The van der Waals surface area contributed by atoms with Gasteiger partial charge in [-0.2, -0.15) is 0 Å². The van der Waals surface area contributed by atoms with Crippen LogP contribution in [0, 0.1) is 0 Å². The highest BCUT2D eigenvalue weighted by atomic mass is 32.2. The van der Waals surface area contributed by atoms with E-state index < -0.39 is 10.0 Å². The number of hydrogen-bond donors (Lipinski definition) is 2. The summed E-state index contributed by atoms with van der Waals surface area (Å²) in [6, 6.07) is 24.8. The minimum Gasteiger partial charge on any atom is -0.493 e. The van der Waals surface area contributed by atoms with Gasteiger partial charge in [0.1, 0.15) is 5.75 Å². The van der Waals surface area contributed by atoms with Crippen molar-refractivity contribution in [2.24, 2.45) is 0 Å². The molecule has 8 nitrogen and oxygen atoms in total. The highest BCUT2D eigenvalue weighted by Gasteiger charge is 2.14. The molecule has 37 heavy (non-hydrogen) atoms. The predicted molar refractivity (Wildman–Crippen MR) is 143 cm³/mol. The van der Waals surface area contributed by atoms with Crippen molar-refractivity contribution in [1.29, 1.82) is 0 Å². The zero-order valence-electron chi connectivity index (χ0n) is 20.6. The molecule has 4 aromatic carbocycles. The molecule has 2 N–H and O–H groups in total. The molecule has 0 radical (unpaired) electrons. The monoisotopic (exact) mass is 520 g/mol. The van der Waals surface area contributed by atoms with E-state index in [9.17, 15) is 13.2 Å². The molecule has 0 bridgehead atoms. The van der Waals surface area contributed by atoms with E-state index in [0.29, 0.717) is 29.4 Å². The van der Waals surface area contributed by atoms with Crippen LogP contribution in [0.4, 0.5) is 5.69 Å². The third-order valence-electron chi connectivity index (χ3n) is 5.72. The number of fused-ring (bicyclic) bond motifs is 1. The first kappa shape index (κ1) is 26.0. The van der Waals surface area contributed by atoms with Crippen molar-refractivity contribution in [1.82, 2.24) is 4.72 Å². The van der Waals surface area contributed by atoms with Crippen molar-refractivity contribution in [3.8, 4) is 17.2 Å². The Kier molecular flexibility index (Phi) is 8.27. The van der Waals surface area contributed by atoms with Gasteiger partial charge in [-0.15, -0.1) is 0 Å². The number of rotatable bonds is 11. The van der Waals surface area contributed by atoms with E-state index >= 15 is 0 Å². The molecular weight excluding hydrogens is 492 g/mol. The lowest BCUT2D eigenvalue weighted by atomic mass is 10.1. The second-order valence-corrected chi connectivity index (χ2v) is 9.94. The number of ether oxygens (including phenoxy) is 3. The number of benzene rings is 4. The first-order valence-corrected chi connectivity index (χ1v) is 13.1. The van der Waals surface area contributed by atoms with Gasteiger partial charge in [-0.05, 0) is 59.8 Å². The third-order valence-corrected chi connectivity index (χ3v) is 7.20. The summed E-state index contributed by atoms with van der Waals surface area (Å²) < 4.78 is 44.0. The van der Waals surface area contributed by atoms with Crippen LogP contribution in [0.2, 0.25) is 0 Å². The van der Waals surface area contributed by atoms with Gasteiger partial charge in [0.25, 0.3) is 5.91 Å². The van der Waals surface area contributed by atoms with Gasteiger partial charge in [0, 0.05) is 17.6 Å². The van der Waals surface area contributed by atoms with E-state index in [4.69, 9.17) is 14.2 Å². The first-order valence-electron chi connectivity index (χ1n) is 11.6. The minimum atomic E-state index is -3.71. The molecule has 0 unspecified atom stereocenters. The van der Waals surface area contributed by atoms with Gasteiger partial charge >= 0.3 is 0 Å². The van der Waals surface area contributed by atoms with Gasteiger partial charge in [0.05, 0.1) is 19.1 Å². The highest BCUT2D eigenvalue weighted by molar-refractivity contribution is 7.89. The number of carbonyl (C=O) groups is 1. The molecule has 0 fully saturated rings. The lowest BCUT2D eigenvalue weighted by Crippen LogP contribution is -2.26. The maximum atomic E-state index is 12.7. The molecule has 192 valence electrons. The summed E-state index contributed by atoms with van der Waals surface area (Å²) >= 11 is 0. The Morgan fingerprint density at radius 2 is 1.57 bits per heavy atom. The number of methoxy groups -OCH3 is 2. The number of amides is 1. The van der Waals surface area contributed by atoms with E-state index in [2.05, 4.69) is 10.0 Å². The van der Waals surface area contributed by atoms with Gasteiger partial charge < -0.3 is 19.5 Å². The maximum absolute atomic E-state index is 12.7. The van der Waals surface area contributed by atoms with E-state index in [1.807, 2.05) is 54.6 Å². The first-order chi connectivity index (χ1) is 17.9. The van der Waals surface area contributed by atoms with E-state index in [1.54, 1.807) is 20.3 Å². The Labute approximate surface area is 216 Å². The van der Waals surface area contributed by atoms with Gasteiger partial charge in [-0.3, -0.25) is 4.79 Å². The molecule has 0 atom stereocenters. The van der Waals surface area contributed by atoms with E-state index in [0.717, 1.165) is 16.3 Å². The van der Waals surface area contributed by atoms with Crippen LogP contribution in [0.25, 0.3) is 10.8 Å². The maximum Gasteiger partial charge on any atom is 0.262 e. The van der Waals surface area contributed by atoms with Crippen LogP contribution in [0.5, 0.6) is 17.2 Å². The van der Waals surface area contributed by atoms with Crippen molar-refractivity contribution in [2.75, 3.05) is 32.7 Å². The molecule has 1 amide bonds. The Hall–Kier alpha value is -4.08. The summed E-state index contributed by atoms with van der Waals surface area (Å²) in [5, 5.41) is 4.82. The minimum absolute atomic E-state index is 0.104. The fraction of sp³-hybridized carbons (Fsp3) is 0.179. The van der Waals surface area contributed by atoms with Crippen LogP contribution in [0.15, 0.2) is 89.8 Å². The lowest BCUT2D eigenvalue weighted by molar-refractivity contribution is -0.118. The number of anilines is 1. The van der Waals surface area contributed by atoms with Crippen molar-refractivity contribution < 1.29 is 27.4 Å². The molecule has 9 heteroatoms. The van der Waals surface area contributed by atoms with Crippen molar-refractivity contribution in [3.05, 3.63) is 90.5 Å². The second-order valence-electron chi connectivity index (χ2n) is 8.17. The van der Waals surface area contributed by atoms with Crippen molar-refractivity contribution in [3.63, 3.8) is 0 Å². The normalized spacial score (nSPS) is 11.2. The summed E-state index contributed by atoms with van der Waals surface area (Å²) in [6.07, 6.45) is 0.479. The molecular formula is C28H28N2O6S. The standard InChI is InChI=1S/C28H28N2O6S/c1-34-26-15-10-20(18-27(26)35-2)16-17-29-37(32,33)23-13-11-22(12-14-23)36-19-28(31)30-25-9-5-7-21-6-3-4-8-24(21)25/h3-15,18,29H,16-17,19H2,1-2H3,(H,30,31). The molecule has 0 aliphatic heterocycles. The highest BCUT2D eigenvalue weighted by Crippen LogP contribution is 2.27. The zero-order valence-corrected chi connectivity index (χ0v) is 21.4. The Bertz CT molecular complexity index is 1480. The van der Waals surface area contributed by atoms with Crippen LogP contribution in [0.1, 0.15) is 5.56 Å². The molecule has 0 saturated heterocycles. The molecule has 0 spiro atoms. The number of sulfonamides is 1. The fourth-order valence-corrected chi connectivity index (χ4v) is 4.87. The smallest absolute Gasteiger partial charge is 0.262 e. The Morgan fingerprint density at radius 3 is 2.32 bits per heavy atom. The fourth-order valence-electron chi connectivity index (χ4n) is 3.83. The summed E-state index contributed by atoms with van der Waals surface area (Å²) in [7, 11) is -0.600. The molecule has 4 rings (SSSR count). The molecule has 0 saturated carbocycles. The van der Waals surface area contributed by atoms with Gasteiger partial charge in [-0.25, -0.2) is 13.1 Å². The topological polar surface area (TPSA) is 103 Å². The van der Waals surface area contributed by atoms with E-state index in [1.165, 1.54) is 24.3 Å². The van der Waals surface area contributed by atoms with Crippen LogP contribution >= 0.6 is 0 Å². The lowest BCUT2D eigenvalue weighted by Gasteiger charge is -2.11. The average molecular weight is 521 g/mol. The molecule has 0 heterocycles. The van der Waals surface area contributed by atoms with Crippen molar-refractivity contribution >= 4 is 32.4 Å². The third kappa shape index (κ3) is 6.58. The van der Waals surface area contributed by atoms with Crippen LogP contribution < -0.4 is 24.2 Å². The predicted octanol–water partition coefficient (Wildman–Crippen LogP) is 4.40. The number of carbonyl (C=O) groups excluding carboxylic acids is 1. The summed E-state index contributed by atoms with van der Waals surface area (Å²) in [6.45, 7) is 0.00327. The quantitative estimate of drug-likeness (QED) is 0.304. The molecule has 0 aliphatic rings. The summed E-state index contributed by atoms with van der Waals surface area (Å²) in [5.74, 6) is 1.27. The Balaban J connectivity index is 1.29. The van der Waals surface area contributed by atoms with Gasteiger partial charge in [0.2, 0.25) is 10.0 Å². The van der Waals surface area contributed by atoms with Crippen LogP contribution in [-0.2, 0) is 21.2 Å². The molecule has 0 aromatic heterocycles. The zero-order chi connectivity index (χ0) is 26.3. The average Bonchev–Trinajstić information content (AvgIpc) is 2.92. The molecule has 0 aliphatic carbocycles. The Morgan fingerprint density at radius 1 is 0.838 bits per heavy atom. The van der Waals surface area contributed by atoms with Gasteiger partial charge in [0.15, 0.2) is 18.1 Å². The van der Waals surface area contributed by atoms with Crippen molar-refractivity contribution in [2.45, 2.75) is 11.3 Å². The van der Waals surface area contributed by atoms with Gasteiger partial charge in [-0.1, -0.05) is 42.5 Å². The number of hydrogen-bond acceptors (Lipinski definition) is 6. The number of nitrogens with one attached hydrogen (secondary N) is 2. The van der Waals surface area contributed by atoms with E-state index in [-0.39, 0.29) is 24.0 Å². The largest absolute Gasteiger partial charge is 0.493 e. The molecule has 4 aromatic rings. The summed E-state index contributed by atoms with van der Waals surface area (Å²) in [5.41, 5.74) is 1.61. The SMILES string of the molecule is COc1ccc(CCNS(=O)(=O)c2ccc(OCC(=O)Nc3cccc4ccccc34)cc2)cc1OC.